The number of nitrogens with zero attached hydrogens (tertiary/aromatic N) is 2. The molecule has 10 nitrogen and oxygen atoms in total. The molecule has 0 aromatic heterocycles. The molecule has 3 rings (SSSR count). The van der Waals surface area contributed by atoms with Crippen molar-refractivity contribution in [3.63, 3.8) is 0 Å². The fourth-order valence-corrected chi connectivity index (χ4v) is 3.07. The molecule has 36 heavy (non-hydrogen) atoms. The summed E-state index contributed by atoms with van der Waals surface area (Å²) in [5.41, 5.74) is 2.86. The first-order chi connectivity index (χ1) is 17.4. The van der Waals surface area contributed by atoms with Crippen molar-refractivity contribution >= 4 is 29.4 Å². The highest BCUT2D eigenvalue weighted by molar-refractivity contribution is 5.93. The molecule has 3 aromatic rings. The topological polar surface area (TPSA) is 132 Å². The molecule has 2 N–H and O–H groups in total. The number of nitro groups is 1. The van der Waals surface area contributed by atoms with Gasteiger partial charge in [-0.05, 0) is 23.8 Å². The van der Waals surface area contributed by atoms with Gasteiger partial charge in [0.2, 0.25) is 11.8 Å². The molecule has 3 aromatic carbocycles. The van der Waals surface area contributed by atoms with Gasteiger partial charge in [-0.25, -0.2) is 9.82 Å². The third-order valence-electron chi connectivity index (χ3n) is 4.87. The van der Waals surface area contributed by atoms with Crippen LogP contribution < -0.4 is 20.2 Å². The first kappa shape index (κ1) is 25.8. The van der Waals surface area contributed by atoms with Gasteiger partial charge in [0.15, 0.2) is 11.5 Å². The van der Waals surface area contributed by atoms with Crippen molar-refractivity contribution in [2.75, 3.05) is 12.4 Å². The highest BCUT2D eigenvalue weighted by atomic mass is 19.1. The van der Waals surface area contributed by atoms with Crippen LogP contribution in [-0.2, 0) is 16.2 Å². The van der Waals surface area contributed by atoms with Gasteiger partial charge >= 0.3 is 0 Å². The summed E-state index contributed by atoms with van der Waals surface area (Å²) in [6.45, 7) is 0.183. The molecule has 0 radical (unpaired) electrons. The average Bonchev–Trinajstić information content (AvgIpc) is 2.88. The number of anilines is 1. The van der Waals surface area contributed by atoms with E-state index in [1.54, 1.807) is 6.07 Å². The zero-order valence-electron chi connectivity index (χ0n) is 19.3. The van der Waals surface area contributed by atoms with Gasteiger partial charge in [0, 0.05) is 12.8 Å². The van der Waals surface area contributed by atoms with Crippen LogP contribution in [0.4, 0.5) is 15.8 Å². The first-order valence-corrected chi connectivity index (χ1v) is 10.8. The van der Waals surface area contributed by atoms with E-state index in [1.165, 1.54) is 37.4 Å². The summed E-state index contributed by atoms with van der Waals surface area (Å²) in [5.74, 6) is -1.32. The summed E-state index contributed by atoms with van der Waals surface area (Å²) < 4.78 is 24.6. The van der Waals surface area contributed by atoms with E-state index in [-0.39, 0.29) is 47.9 Å². The average molecular weight is 494 g/mol. The number of rotatable bonds is 11. The molecule has 0 bridgehead atoms. The Morgan fingerprint density at radius 1 is 1.03 bits per heavy atom. The Kier molecular flexibility index (Phi) is 9.04. The van der Waals surface area contributed by atoms with Crippen LogP contribution in [0.2, 0.25) is 0 Å². The Balaban J connectivity index is 1.60. The predicted octanol–water partition coefficient (Wildman–Crippen LogP) is 4.19. The van der Waals surface area contributed by atoms with Crippen LogP contribution in [0, 0.1) is 15.9 Å². The molecule has 0 atom stereocenters. The summed E-state index contributed by atoms with van der Waals surface area (Å²) in [4.78, 5) is 34.9. The van der Waals surface area contributed by atoms with E-state index in [2.05, 4.69) is 15.8 Å². The maximum Gasteiger partial charge on any atom is 0.282 e. The molecule has 2 amide bonds. The number of benzene rings is 3. The Hall–Kier alpha value is -4.80. The molecule has 11 heteroatoms. The summed E-state index contributed by atoms with van der Waals surface area (Å²) in [6.07, 6.45) is 0.658. The number of halogens is 1. The number of amides is 2. The molecule has 0 aliphatic heterocycles. The highest BCUT2D eigenvalue weighted by Crippen LogP contribution is 2.34. The normalized spacial score (nSPS) is 10.6. The molecular weight excluding hydrogens is 471 g/mol. The zero-order valence-corrected chi connectivity index (χ0v) is 19.3. The fourth-order valence-electron chi connectivity index (χ4n) is 3.07. The summed E-state index contributed by atoms with van der Waals surface area (Å²) in [6, 6.07) is 17.5. The predicted molar refractivity (Wildman–Crippen MR) is 130 cm³/mol. The van der Waals surface area contributed by atoms with Crippen LogP contribution >= 0.6 is 0 Å². The smallest absolute Gasteiger partial charge is 0.282 e. The molecule has 0 aliphatic rings. The summed E-state index contributed by atoms with van der Waals surface area (Å²) in [7, 11) is 1.39. The third kappa shape index (κ3) is 7.35. The number of carbonyl (C=O) groups is 2. The van der Waals surface area contributed by atoms with Gasteiger partial charge in [-0.15, -0.1) is 0 Å². The highest BCUT2D eigenvalue weighted by Gasteiger charge is 2.19. The Morgan fingerprint density at radius 3 is 2.42 bits per heavy atom. The lowest BCUT2D eigenvalue weighted by Gasteiger charge is -2.12. The molecule has 186 valence electrons. The lowest BCUT2D eigenvalue weighted by atomic mass is 10.1. The van der Waals surface area contributed by atoms with Crippen LogP contribution in [-0.4, -0.2) is 30.1 Å². The number of hydrazone groups is 1. The summed E-state index contributed by atoms with van der Waals surface area (Å²) in [5, 5.41) is 17.7. The number of hydrogen-bond donors (Lipinski definition) is 2. The SMILES string of the molecule is COc1cc(C=NNC(=O)CCC(=O)Nc2ccccc2F)c([N+](=O)[O-])cc1OCc1ccccc1. The van der Waals surface area contributed by atoms with Gasteiger partial charge in [0.05, 0.1) is 35.6 Å². The first-order valence-electron chi connectivity index (χ1n) is 10.8. The second-order valence-electron chi connectivity index (χ2n) is 7.41. The third-order valence-corrected chi connectivity index (χ3v) is 4.87. The van der Waals surface area contributed by atoms with E-state index in [4.69, 9.17) is 9.47 Å². The van der Waals surface area contributed by atoms with Crippen LogP contribution in [0.1, 0.15) is 24.0 Å². The lowest BCUT2D eigenvalue weighted by molar-refractivity contribution is -0.385. The fraction of sp³-hybridized carbons (Fsp3) is 0.160. The van der Waals surface area contributed by atoms with Crippen molar-refractivity contribution < 1.29 is 28.4 Å². The number of ether oxygens (including phenoxy) is 2. The minimum absolute atomic E-state index is 0.0124. The van der Waals surface area contributed by atoms with Crippen molar-refractivity contribution in [1.29, 1.82) is 0 Å². The number of para-hydroxylation sites is 1. The number of nitro benzene ring substituents is 1. The molecule has 0 aliphatic carbocycles. The van der Waals surface area contributed by atoms with E-state index in [9.17, 15) is 24.1 Å². The zero-order chi connectivity index (χ0) is 25.9. The molecule has 0 fully saturated rings. The van der Waals surface area contributed by atoms with Gasteiger partial charge in [0.1, 0.15) is 12.4 Å². The maximum absolute atomic E-state index is 13.6. The maximum atomic E-state index is 13.6. The number of nitrogens with one attached hydrogen (secondary N) is 2. The van der Waals surface area contributed by atoms with Crippen molar-refractivity contribution in [1.82, 2.24) is 5.43 Å². The Bertz CT molecular complexity index is 1270. The van der Waals surface area contributed by atoms with E-state index in [1.807, 2.05) is 30.3 Å². The molecule has 0 saturated heterocycles. The van der Waals surface area contributed by atoms with Gasteiger partial charge in [-0.3, -0.25) is 19.7 Å². The number of carbonyl (C=O) groups excluding carboxylic acids is 2. The minimum atomic E-state index is -0.606. The van der Waals surface area contributed by atoms with Gasteiger partial charge in [0.25, 0.3) is 5.69 Å². The van der Waals surface area contributed by atoms with Crippen molar-refractivity contribution in [3.8, 4) is 11.5 Å². The Morgan fingerprint density at radius 2 is 1.72 bits per heavy atom. The lowest BCUT2D eigenvalue weighted by Crippen LogP contribution is -2.21. The molecule has 0 spiro atoms. The summed E-state index contributed by atoms with van der Waals surface area (Å²) >= 11 is 0. The number of methoxy groups -OCH3 is 1. The molecule has 0 saturated carbocycles. The monoisotopic (exact) mass is 494 g/mol. The second kappa shape index (κ2) is 12.6. The van der Waals surface area contributed by atoms with Gasteiger partial charge < -0.3 is 14.8 Å². The molecule has 0 unspecified atom stereocenters. The number of hydrogen-bond acceptors (Lipinski definition) is 7. The van der Waals surface area contributed by atoms with Crippen LogP contribution in [0.25, 0.3) is 0 Å². The van der Waals surface area contributed by atoms with Gasteiger partial charge in [-0.1, -0.05) is 42.5 Å². The van der Waals surface area contributed by atoms with Crippen LogP contribution in [0.5, 0.6) is 11.5 Å². The van der Waals surface area contributed by atoms with Crippen molar-refractivity contribution in [3.05, 3.63) is 93.8 Å². The Labute approximate surface area is 205 Å². The van der Waals surface area contributed by atoms with E-state index >= 15 is 0 Å². The molecular formula is C25H23FN4O6. The second-order valence-corrected chi connectivity index (χ2v) is 7.41. The van der Waals surface area contributed by atoms with Crippen LogP contribution in [0.3, 0.4) is 0 Å². The van der Waals surface area contributed by atoms with E-state index in [0.717, 1.165) is 11.8 Å². The van der Waals surface area contributed by atoms with Crippen LogP contribution in [0.15, 0.2) is 71.8 Å². The minimum Gasteiger partial charge on any atom is -0.493 e. The largest absolute Gasteiger partial charge is 0.493 e. The van der Waals surface area contributed by atoms with Crippen molar-refractivity contribution in [2.45, 2.75) is 19.4 Å². The quantitative estimate of drug-likeness (QED) is 0.233. The van der Waals surface area contributed by atoms with E-state index in [0.29, 0.717) is 0 Å². The van der Waals surface area contributed by atoms with E-state index < -0.39 is 22.6 Å². The van der Waals surface area contributed by atoms with Gasteiger partial charge in [-0.2, -0.15) is 5.10 Å². The standard InChI is InChI=1S/C25H23FN4O6/c1-35-22-13-18(21(30(33)34)14-23(22)36-16-17-7-3-2-4-8-17)15-27-29-25(32)12-11-24(31)28-20-10-6-5-9-19(20)26/h2-10,13-15H,11-12,16H2,1H3,(H,28,31)(H,29,32). The molecule has 0 heterocycles. The van der Waals surface area contributed by atoms with Crippen molar-refractivity contribution in [2.24, 2.45) is 5.10 Å².